The average Bonchev–Trinajstić information content (AvgIpc) is 3.02. The number of sulfonamides is 1. The second-order valence-electron chi connectivity index (χ2n) is 7.03. The van der Waals surface area contributed by atoms with Gasteiger partial charge in [0.25, 0.3) is 0 Å². The van der Waals surface area contributed by atoms with E-state index in [2.05, 4.69) is 0 Å². The van der Waals surface area contributed by atoms with Crippen LogP contribution in [0, 0.1) is 0 Å². The third kappa shape index (κ3) is 5.85. The second kappa shape index (κ2) is 10.4. The number of benzene rings is 2. The van der Waals surface area contributed by atoms with Crippen LogP contribution in [0.1, 0.15) is 36.8 Å². The van der Waals surface area contributed by atoms with Gasteiger partial charge in [0.05, 0.1) is 4.90 Å². The lowest BCUT2D eigenvalue weighted by atomic mass is 10.2. The van der Waals surface area contributed by atoms with E-state index in [0.29, 0.717) is 34.3 Å². The molecular weight excluding hydrogens is 445 g/mol. The van der Waals surface area contributed by atoms with Crippen LogP contribution < -0.4 is 0 Å². The summed E-state index contributed by atoms with van der Waals surface area (Å²) in [4.78, 5) is 12.2. The lowest BCUT2D eigenvalue weighted by molar-refractivity contribution is -0.138. The summed E-state index contributed by atoms with van der Waals surface area (Å²) in [6.45, 7) is 1.09. The molecule has 0 atom stereocenters. The van der Waals surface area contributed by atoms with E-state index in [1.807, 2.05) is 0 Å². The first-order valence-corrected chi connectivity index (χ1v) is 12.0. The molecule has 0 saturated carbocycles. The fourth-order valence-electron chi connectivity index (χ4n) is 3.21. The Hall–Kier alpha value is -1.86. The molecule has 0 radical (unpaired) electrons. The van der Waals surface area contributed by atoms with Crippen molar-refractivity contribution < 1.29 is 17.9 Å². The average molecular weight is 468 g/mol. The van der Waals surface area contributed by atoms with Gasteiger partial charge < -0.3 is 4.74 Å². The van der Waals surface area contributed by atoms with Crippen molar-refractivity contribution in [1.82, 2.24) is 4.31 Å². The van der Waals surface area contributed by atoms with Crippen molar-refractivity contribution in [2.45, 2.75) is 37.2 Å². The third-order valence-corrected chi connectivity index (χ3v) is 7.54. The molecule has 1 saturated heterocycles. The fraction of sp³-hybridized carbons (Fsp3) is 0.318. The highest BCUT2D eigenvalue weighted by atomic mass is 35.5. The Bertz CT molecular complexity index is 992. The monoisotopic (exact) mass is 467 g/mol. The molecule has 160 valence electrons. The fourth-order valence-corrected chi connectivity index (χ4v) is 5.23. The first-order valence-electron chi connectivity index (χ1n) is 9.76. The van der Waals surface area contributed by atoms with Crippen molar-refractivity contribution >= 4 is 45.3 Å². The maximum atomic E-state index is 12.8. The minimum Gasteiger partial charge on any atom is -0.458 e. The summed E-state index contributed by atoms with van der Waals surface area (Å²) in [5, 5.41) is 0.862. The van der Waals surface area contributed by atoms with Crippen LogP contribution in [-0.2, 0) is 26.2 Å². The molecule has 0 unspecified atom stereocenters. The number of rotatable bonds is 6. The maximum absolute atomic E-state index is 12.8. The Morgan fingerprint density at radius 2 is 1.57 bits per heavy atom. The molecule has 1 aliphatic heterocycles. The van der Waals surface area contributed by atoms with Gasteiger partial charge in [-0.3, -0.25) is 0 Å². The lowest BCUT2D eigenvalue weighted by Crippen LogP contribution is -2.31. The number of carbonyl (C=O) groups excluding carboxylic acids is 1. The van der Waals surface area contributed by atoms with E-state index in [9.17, 15) is 13.2 Å². The quantitative estimate of drug-likeness (QED) is 0.426. The number of carbonyl (C=O) groups is 1. The standard InChI is InChI=1S/C22H23Cl2NO4S/c23-20-6-5-7-21(24)19(20)16-29-22(26)13-10-17-8-11-18(12-9-17)30(27,28)25-14-3-1-2-4-15-25/h5-13H,1-4,14-16H2. The van der Waals surface area contributed by atoms with Crippen LogP contribution in [0.15, 0.2) is 53.4 Å². The Kier molecular flexibility index (Phi) is 7.94. The molecule has 3 rings (SSSR count). The van der Waals surface area contributed by atoms with Crippen LogP contribution in [0.2, 0.25) is 10.0 Å². The summed E-state index contributed by atoms with van der Waals surface area (Å²) in [6, 6.07) is 11.5. The van der Waals surface area contributed by atoms with E-state index in [-0.39, 0.29) is 11.5 Å². The number of halogens is 2. The van der Waals surface area contributed by atoms with Gasteiger partial charge >= 0.3 is 5.97 Å². The normalized spacial score (nSPS) is 15.8. The molecule has 0 N–H and O–H groups in total. The van der Waals surface area contributed by atoms with Crippen LogP contribution in [0.3, 0.4) is 0 Å². The van der Waals surface area contributed by atoms with E-state index in [4.69, 9.17) is 27.9 Å². The van der Waals surface area contributed by atoms with Crippen LogP contribution in [0.5, 0.6) is 0 Å². The number of nitrogens with zero attached hydrogens (tertiary/aromatic N) is 1. The molecule has 0 amide bonds. The van der Waals surface area contributed by atoms with Gasteiger partial charge in [-0.15, -0.1) is 0 Å². The second-order valence-corrected chi connectivity index (χ2v) is 9.78. The van der Waals surface area contributed by atoms with Gasteiger partial charge in [-0.1, -0.05) is 54.2 Å². The predicted molar refractivity (Wildman–Crippen MR) is 119 cm³/mol. The molecule has 5 nitrogen and oxygen atoms in total. The minimum absolute atomic E-state index is 0.0330. The number of hydrogen-bond donors (Lipinski definition) is 0. The molecule has 0 aromatic heterocycles. The number of ether oxygens (including phenoxy) is 1. The zero-order valence-electron chi connectivity index (χ0n) is 16.4. The van der Waals surface area contributed by atoms with E-state index in [1.165, 1.54) is 6.08 Å². The molecule has 2 aromatic rings. The van der Waals surface area contributed by atoms with Crippen molar-refractivity contribution in [3.05, 3.63) is 69.7 Å². The Labute approximate surface area is 187 Å². The number of hydrogen-bond acceptors (Lipinski definition) is 4. The van der Waals surface area contributed by atoms with Gasteiger partial charge in [-0.2, -0.15) is 4.31 Å². The first-order chi connectivity index (χ1) is 14.4. The van der Waals surface area contributed by atoms with Crippen LogP contribution in [0.4, 0.5) is 0 Å². The zero-order chi connectivity index (χ0) is 21.6. The van der Waals surface area contributed by atoms with Crippen molar-refractivity contribution in [2.24, 2.45) is 0 Å². The van der Waals surface area contributed by atoms with E-state index in [1.54, 1.807) is 52.8 Å². The molecule has 8 heteroatoms. The molecule has 0 aliphatic carbocycles. The SMILES string of the molecule is O=C(C=Cc1ccc(S(=O)(=O)N2CCCCCC2)cc1)OCc1c(Cl)cccc1Cl. The minimum atomic E-state index is -3.49. The van der Waals surface area contributed by atoms with Gasteiger partial charge in [0.15, 0.2) is 0 Å². The van der Waals surface area contributed by atoms with Crippen LogP contribution in [-0.4, -0.2) is 31.8 Å². The van der Waals surface area contributed by atoms with Crippen molar-refractivity contribution in [2.75, 3.05) is 13.1 Å². The smallest absolute Gasteiger partial charge is 0.331 e. The summed E-state index contributed by atoms with van der Waals surface area (Å²) in [7, 11) is -3.49. The van der Waals surface area contributed by atoms with Gasteiger partial charge in [-0.05, 0) is 48.7 Å². The van der Waals surface area contributed by atoms with Crippen molar-refractivity contribution in [3.8, 4) is 0 Å². The summed E-state index contributed by atoms with van der Waals surface area (Å²) < 4.78 is 32.4. The van der Waals surface area contributed by atoms with Crippen LogP contribution in [0.25, 0.3) is 6.08 Å². The summed E-state index contributed by atoms with van der Waals surface area (Å²) in [5.74, 6) is -0.549. The predicted octanol–water partition coefficient (Wildman–Crippen LogP) is 5.31. The summed E-state index contributed by atoms with van der Waals surface area (Å²) in [6.07, 6.45) is 6.76. The highest BCUT2D eigenvalue weighted by Gasteiger charge is 2.24. The number of esters is 1. The first kappa shape index (κ1) is 22.8. The third-order valence-electron chi connectivity index (χ3n) is 4.92. The lowest BCUT2D eigenvalue weighted by Gasteiger charge is -2.19. The Morgan fingerprint density at radius 1 is 0.967 bits per heavy atom. The molecule has 1 aliphatic rings. The topological polar surface area (TPSA) is 63.7 Å². The largest absolute Gasteiger partial charge is 0.458 e. The zero-order valence-corrected chi connectivity index (χ0v) is 18.7. The van der Waals surface area contributed by atoms with Crippen molar-refractivity contribution in [3.63, 3.8) is 0 Å². The molecule has 1 fully saturated rings. The molecular formula is C22H23Cl2NO4S. The van der Waals surface area contributed by atoms with Gasteiger partial charge in [-0.25, -0.2) is 13.2 Å². The molecule has 30 heavy (non-hydrogen) atoms. The van der Waals surface area contributed by atoms with E-state index in [0.717, 1.165) is 25.7 Å². The molecule has 1 heterocycles. The molecule has 2 aromatic carbocycles. The summed E-state index contributed by atoms with van der Waals surface area (Å²) >= 11 is 12.1. The Balaban J connectivity index is 1.60. The Morgan fingerprint density at radius 3 is 2.17 bits per heavy atom. The van der Waals surface area contributed by atoms with E-state index >= 15 is 0 Å². The highest BCUT2D eigenvalue weighted by Crippen LogP contribution is 2.25. The maximum Gasteiger partial charge on any atom is 0.331 e. The van der Waals surface area contributed by atoms with Gasteiger partial charge in [0.2, 0.25) is 10.0 Å². The molecule has 0 bridgehead atoms. The van der Waals surface area contributed by atoms with Crippen LogP contribution >= 0.6 is 23.2 Å². The highest BCUT2D eigenvalue weighted by molar-refractivity contribution is 7.89. The van der Waals surface area contributed by atoms with Gasteiger partial charge in [0.1, 0.15) is 6.61 Å². The van der Waals surface area contributed by atoms with Gasteiger partial charge in [0, 0.05) is 34.8 Å². The van der Waals surface area contributed by atoms with E-state index < -0.39 is 16.0 Å². The molecule has 0 spiro atoms. The van der Waals surface area contributed by atoms with Crippen molar-refractivity contribution in [1.29, 1.82) is 0 Å². The summed E-state index contributed by atoms with van der Waals surface area (Å²) in [5.41, 5.74) is 1.24.